The van der Waals surface area contributed by atoms with Gasteiger partial charge < -0.3 is 9.47 Å². The third-order valence-electron chi connectivity index (χ3n) is 3.29. The second-order valence-corrected chi connectivity index (χ2v) is 4.92. The maximum Gasteiger partial charge on any atom is 0.282 e. The molecule has 0 spiro atoms. The number of hydrogen-bond acceptors (Lipinski definition) is 5. The molecule has 0 heterocycles. The number of carbonyl (C=O) groups is 1. The van der Waals surface area contributed by atoms with Gasteiger partial charge in [0.05, 0.1) is 20.4 Å². The van der Waals surface area contributed by atoms with E-state index in [0.29, 0.717) is 11.3 Å². The Morgan fingerprint density at radius 2 is 1.52 bits per heavy atom. The van der Waals surface area contributed by atoms with Gasteiger partial charge in [-0.05, 0) is 53.6 Å². The van der Waals surface area contributed by atoms with Crippen molar-refractivity contribution < 1.29 is 14.3 Å². The van der Waals surface area contributed by atoms with E-state index in [9.17, 15) is 4.79 Å². The van der Waals surface area contributed by atoms with Gasteiger partial charge in [0.2, 0.25) is 0 Å². The van der Waals surface area contributed by atoms with Crippen LogP contribution in [0.1, 0.15) is 11.1 Å². The summed E-state index contributed by atoms with van der Waals surface area (Å²) in [6, 6.07) is 16.0. The topological polar surface area (TPSA) is 83.7 Å². The molecule has 1 N–H and O–H groups in total. The van der Waals surface area contributed by atoms with Crippen molar-refractivity contribution in [2.75, 3.05) is 14.2 Å². The molecule has 0 unspecified atom stereocenters. The van der Waals surface area contributed by atoms with Gasteiger partial charge in [0.15, 0.2) is 0 Å². The molecule has 25 heavy (non-hydrogen) atoms. The van der Waals surface area contributed by atoms with Crippen LogP contribution in [0.2, 0.25) is 0 Å². The van der Waals surface area contributed by atoms with Crippen molar-refractivity contribution in [2.45, 2.75) is 0 Å². The largest absolute Gasteiger partial charge is 0.497 e. The van der Waals surface area contributed by atoms with Crippen molar-refractivity contribution >= 4 is 18.2 Å². The molecule has 2 rings (SSSR count). The number of nitrogens with one attached hydrogen (secondary N) is 1. The summed E-state index contributed by atoms with van der Waals surface area (Å²) in [6.07, 6.45) is 2.97. The highest BCUT2D eigenvalue weighted by atomic mass is 16.5. The molecular weight excluding hydrogens is 318 g/mol. The number of hydrazone groups is 1. The van der Waals surface area contributed by atoms with E-state index < -0.39 is 5.91 Å². The Morgan fingerprint density at radius 3 is 2.00 bits per heavy atom. The highest BCUT2D eigenvalue weighted by molar-refractivity contribution is 6.02. The van der Waals surface area contributed by atoms with Crippen molar-refractivity contribution in [1.29, 1.82) is 5.26 Å². The summed E-state index contributed by atoms with van der Waals surface area (Å²) in [5, 5.41) is 13.0. The van der Waals surface area contributed by atoms with Gasteiger partial charge in [0.25, 0.3) is 5.91 Å². The zero-order chi connectivity index (χ0) is 18.1. The van der Waals surface area contributed by atoms with E-state index in [2.05, 4.69) is 10.5 Å². The van der Waals surface area contributed by atoms with Crippen LogP contribution < -0.4 is 14.9 Å². The standard InChI is InChI=1S/C19H17N3O3/c1-24-17-7-3-14(4-8-17)11-16(12-20)19(23)22-21-13-15-5-9-18(25-2)10-6-15/h3-11,13H,1-2H3,(H,22,23)/b16-11-,21-13-. The second kappa shape index (κ2) is 8.89. The molecule has 0 bridgehead atoms. The minimum atomic E-state index is -0.580. The number of ether oxygens (including phenoxy) is 2. The fourth-order valence-electron chi connectivity index (χ4n) is 1.93. The van der Waals surface area contributed by atoms with Gasteiger partial charge in [-0.3, -0.25) is 4.79 Å². The summed E-state index contributed by atoms with van der Waals surface area (Å²) in [5.74, 6) is 0.850. The summed E-state index contributed by atoms with van der Waals surface area (Å²) in [6.45, 7) is 0. The Bertz CT molecular complexity index is 816. The summed E-state index contributed by atoms with van der Waals surface area (Å²) in [5.41, 5.74) is 3.80. The van der Waals surface area contributed by atoms with E-state index in [-0.39, 0.29) is 5.57 Å². The molecule has 2 aromatic carbocycles. The number of carbonyl (C=O) groups excluding carboxylic acids is 1. The van der Waals surface area contributed by atoms with Crippen LogP contribution in [0.3, 0.4) is 0 Å². The van der Waals surface area contributed by atoms with Gasteiger partial charge in [-0.15, -0.1) is 0 Å². The smallest absolute Gasteiger partial charge is 0.282 e. The molecule has 6 nitrogen and oxygen atoms in total. The lowest BCUT2D eigenvalue weighted by Crippen LogP contribution is -2.19. The van der Waals surface area contributed by atoms with Crippen molar-refractivity contribution in [3.8, 4) is 17.6 Å². The third kappa shape index (κ3) is 5.22. The second-order valence-electron chi connectivity index (χ2n) is 4.92. The number of hydrogen-bond donors (Lipinski definition) is 1. The van der Waals surface area contributed by atoms with Crippen LogP contribution in [0.5, 0.6) is 11.5 Å². The Labute approximate surface area is 146 Å². The first-order chi connectivity index (χ1) is 12.2. The lowest BCUT2D eigenvalue weighted by atomic mass is 10.1. The molecule has 1 amide bonds. The zero-order valence-corrected chi connectivity index (χ0v) is 13.9. The van der Waals surface area contributed by atoms with E-state index in [0.717, 1.165) is 11.3 Å². The van der Waals surface area contributed by atoms with E-state index in [1.807, 2.05) is 6.07 Å². The first kappa shape index (κ1) is 17.8. The first-order valence-corrected chi connectivity index (χ1v) is 7.39. The lowest BCUT2D eigenvalue weighted by Gasteiger charge is -2.01. The van der Waals surface area contributed by atoms with Gasteiger partial charge in [-0.2, -0.15) is 10.4 Å². The Hall–Kier alpha value is -3.59. The Kier molecular flexibility index (Phi) is 6.32. The van der Waals surface area contributed by atoms with Crippen LogP contribution >= 0.6 is 0 Å². The number of nitriles is 1. The highest BCUT2D eigenvalue weighted by Crippen LogP contribution is 2.14. The van der Waals surface area contributed by atoms with E-state index >= 15 is 0 Å². The Balaban J connectivity index is 2.02. The minimum Gasteiger partial charge on any atom is -0.497 e. The SMILES string of the molecule is COc1ccc(/C=N\NC(=O)/C(C#N)=C\c2ccc(OC)cc2)cc1. The van der Waals surface area contributed by atoms with Gasteiger partial charge in [-0.25, -0.2) is 5.43 Å². The average molecular weight is 335 g/mol. The highest BCUT2D eigenvalue weighted by Gasteiger charge is 2.07. The molecule has 0 aliphatic carbocycles. The number of nitrogens with zero attached hydrogens (tertiary/aromatic N) is 2. The predicted molar refractivity (Wildman–Crippen MR) is 95.3 cm³/mol. The number of methoxy groups -OCH3 is 2. The molecular formula is C19H17N3O3. The van der Waals surface area contributed by atoms with Crippen LogP contribution in [0.25, 0.3) is 6.08 Å². The molecule has 0 aliphatic heterocycles. The summed E-state index contributed by atoms with van der Waals surface area (Å²) < 4.78 is 10.1. The maximum absolute atomic E-state index is 12.0. The number of amides is 1. The van der Waals surface area contributed by atoms with E-state index in [1.165, 1.54) is 12.3 Å². The monoisotopic (exact) mass is 335 g/mol. The molecule has 0 radical (unpaired) electrons. The molecule has 2 aromatic rings. The van der Waals surface area contributed by atoms with Crippen molar-refractivity contribution in [2.24, 2.45) is 5.10 Å². The molecule has 0 saturated carbocycles. The predicted octanol–water partition coefficient (Wildman–Crippen LogP) is 2.76. The number of benzene rings is 2. The number of rotatable bonds is 6. The maximum atomic E-state index is 12.0. The molecule has 0 aliphatic rings. The van der Waals surface area contributed by atoms with Crippen LogP contribution in [0.15, 0.2) is 59.2 Å². The normalized spacial score (nSPS) is 11.0. The average Bonchev–Trinajstić information content (AvgIpc) is 2.67. The van der Waals surface area contributed by atoms with Crippen molar-refractivity contribution in [1.82, 2.24) is 5.43 Å². The van der Waals surface area contributed by atoms with E-state index in [1.54, 1.807) is 62.8 Å². The van der Waals surface area contributed by atoms with Crippen LogP contribution in [0, 0.1) is 11.3 Å². The van der Waals surface area contributed by atoms with Crippen molar-refractivity contribution in [3.05, 3.63) is 65.2 Å². The lowest BCUT2D eigenvalue weighted by molar-refractivity contribution is -0.117. The van der Waals surface area contributed by atoms with E-state index in [4.69, 9.17) is 14.7 Å². The van der Waals surface area contributed by atoms with Crippen LogP contribution in [-0.4, -0.2) is 26.3 Å². The summed E-state index contributed by atoms with van der Waals surface area (Å²) >= 11 is 0. The molecule has 0 saturated heterocycles. The summed E-state index contributed by atoms with van der Waals surface area (Å²) in [4.78, 5) is 12.0. The molecule has 126 valence electrons. The zero-order valence-electron chi connectivity index (χ0n) is 13.9. The van der Waals surface area contributed by atoms with Gasteiger partial charge in [0.1, 0.15) is 23.1 Å². The molecule has 0 aromatic heterocycles. The molecule has 0 atom stereocenters. The fraction of sp³-hybridized carbons (Fsp3) is 0.105. The molecule has 0 fully saturated rings. The first-order valence-electron chi connectivity index (χ1n) is 7.39. The fourth-order valence-corrected chi connectivity index (χ4v) is 1.93. The minimum absolute atomic E-state index is 0.0444. The Morgan fingerprint density at radius 1 is 1.00 bits per heavy atom. The van der Waals surface area contributed by atoms with Crippen LogP contribution in [0.4, 0.5) is 0 Å². The van der Waals surface area contributed by atoms with Gasteiger partial charge in [-0.1, -0.05) is 12.1 Å². The quantitative estimate of drug-likeness (QED) is 0.381. The molecule has 6 heteroatoms. The third-order valence-corrected chi connectivity index (χ3v) is 3.29. The van der Waals surface area contributed by atoms with Gasteiger partial charge >= 0.3 is 0 Å². The summed E-state index contributed by atoms with van der Waals surface area (Å²) in [7, 11) is 3.15. The van der Waals surface area contributed by atoms with Crippen molar-refractivity contribution in [3.63, 3.8) is 0 Å². The van der Waals surface area contributed by atoms with Gasteiger partial charge in [0, 0.05) is 0 Å². The van der Waals surface area contributed by atoms with Crippen LogP contribution in [-0.2, 0) is 4.79 Å².